The maximum absolute atomic E-state index is 14.2. The number of rotatable bonds is 8. The summed E-state index contributed by atoms with van der Waals surface area (Å²) in [5, 5.41) is 2.79. The smallest absolute Gasteiger partial charge is 0.267 e. The number of carbonyl (C=O) groups is 1. The molecule has 2 aromatic rings. The summed E-state index contributed by atoms with van der Waals surface area (Å²) in [5.74, 6) is -1.27. The summed E-state index contributed by atoms with van der Waals surface area (Å²) in [7, 11) is -4.24. The maximum Gasteiger partial charge on any atom is 0.267 e. The van der Waals surface area contributed by atoms with E-state index in [2.05, 4.69) is 11.4 Å². The van der Waals surface area contributed by atoms with Gasteiger partial charge in [0.05, 0.1) is 5.69 Å². The van der Waals surface area contributed by atoms with E-state index in [0.29, 0.717) is 12.2 Å². The molecular weight excluding hydrogens is 391 g/mol. The van der Waals surface area contributed by atoms with E-state index in [4.69, 9.17) is 0 Å². The van der Waals surface area contributed by atoms with Crippen molar-refractivity contribution in [1.29, 1.82) is 0 Å². The Labute approximate surface area is 171 Å². The number of sulfonamides is 1. The molecule has 0 unspecified atom stereocenters. The Balaban J connectivity index is 1.75. The van der Waals surface area contributed by atoms with Crippen LogP contribution in [0.15, 0.2) is 71.1 Å². The van der Waals surface area contributed by atoms with Crippen molar-refractivity contribution in [3.63, 3.8) is 0 Å². The van der Waals surface area contributed by atoms with Gasteiger partial charge in [0, 0.05) is 6.54 Å². The zero-order valence-electron chi connectivity index (χ0n) is 16.2. The van der Waals surface area contributed by atoms with Crippen LogP contribution in [-0.2, 0) is 14.8 Å². The molecule has 1 aliphatic rings. The van der Waals surface area contributed by atoms with Crippen molar-refractivity contribution in [3.05, 3.63) is 72.1 Å². The predicted molar refractivity (Wildman–Crippen MR) is 112 cm³/mol. The van der Waals surface area contributed by atoms with E-state index in [9.17, 15) is 17.6 Å². The molecule has 0 saturated heterocycles. The normalized spacial score (nSPS) is 14.2. The van der Waals surface area contributed by atoms with Crippen molar-refractivity contribution >= 4 is 21.6 Å². The first-order valence-corrected chi connectivity index (χ1v) is 11.2. The zero-order valence-corrected chi connectivity index (χ0v) is 17.0. The van der Waals surface area contributed by atoms with Crippen molar-refractivity contribution in [1.82, 2.24) is 5.32 Å². The van der Waals surface area contributed by atoms with Gasteiger partial charge in [0.1, 0.15) is 17.3 Å². The van der Waals surface area contributed by atoms with E-state index in [0.717, 1.165) is 29.6 Å². The van der Waals surface area contributed by atoms with Gasteiger partial charge < -0.3 is 5.32 Å². The third-order valence-electron chi connectivity index (χ3n) is 4.89. The van der Waals surface area contributed by atoms with Gasteiger partial charge in [0.15, 0.2) is 0 Å². The summed E-state index contributed by atoms with van der Waals surface area (Å²) in [6, 6.07) is 13.4. The van der Waals surface area contributed by atoms with Gasteiger partial charge in [-0.3, -0.25) is 9.10 Å². The van der Waals surface area contributed by atoms with Crippen LogP contribution in [0.4, 0.5) is 10.1 Å². The molecule has 154 valence electrons. The fraction of sp³-hybridized carbons (Fsp3) is 0.318. The lowest BCUT2D eigenvalue weighted by Crippen LogP contribution is -2.41. The van der Waals surface area contributed by atoms with Crippen LogP contribution < -0.4 is 9.62 Å². The molecule has 1 amide bonds. The SMILES string of the molecule is O=C(CN(c1ccccc1)S(=O)(=O)c1ccccc1F)NCCC1=CCCCC1. The molecule has 3 rings (SSSR count). The van der Waals surface area contributed by atoms with Crippen molar-refractivity contribution in [2.24, 2.45) is 0 Å². The van der Waals surface area contributed by atoms with Gasteiger partial charge in [-0.25, -0.2) is 12.8 Å². The average Bonchev–Trinajstić information content (AvgIpc) is 2.73. The third kappa shape index (κ3) is 5.44. The molecule has 0 atom stereocenters. The van der Waals surface area contributed by atoms with Crippen molar-refractivity contribution in [2.75, 3.05) is 17.4 Å². The van der Waals surface area contributed by atoms with Gasteiger partial charge in [0.2, 0.25) is 5.91 Å². The summed E-state index contributed by atoms with van der Waals surface area (Å²) in [5.41, 5.74) is 1.64. The molecule has 1 N–H and O–H groups in total. The van der Waals surface area contributed by atoms with Crippen molar-refractivity contribution in [3.8, 4) is 0 Å². The minimum Gasteiger partial charge on any atom is -0.354 e. The van der Waals surface area contributed by atoms with Gasteiger partial charge in [-0.05, 0) is 56.4 Å². The van der Waals surface area contributed by atoms with Crippen LogP contribution in [0.1, 0.15) is 32.1 Å². The van der Waals surface area contributed by atoms with Crippen LogP contribution in [0.2, 0.25) is 0 Å². The van der Waals surface area contributed by atoms with Gasteiger partial charge in [-0.2, -0.15) is 0 Å². The fourth-order valence-electron chi connectivity index (χ4n) is 3.36. The molecule has 0 saturated carbocycles. The molecule has 0 fully saturated rings. The third-order valence-corrected chi connectivity index (χ3v) is 6.70. The lowest BCUT2D eigenvalue weighted by molar-refractivity contribution is -0.119. The Morgan fingerprint density at radius 1 is 1.03 bits per heavy atom. The van der Waals surface area contributed by atoms with Crippen LogP contribution in [0.5, 0.6) is 0 Å². The van der Waals surface area contributed by atoms with E-state index in [1.165, 1.54) is 36.6 Å². The minimum atomic E-state index is -4.24. The summed E-state index contributed by atoms with van der Waals surface area (Å²) in [6.07, 6.45) is 7.48. The second kappa shape index (κ2) is 9.69. The molecule has 5 nitrogen and oxygen atoms in total. The highest BCUT2D eigenvalue weighted by molar-refractivity contribution is 7.92. The van der Waals surface area contributed by atoms with E-state index < -0.39 is 33.2 Å². The van der Waals surface area contributed by atoms with Crippen LogP contribution in [-0.4, -0.2) is 27.4 Å². The number of para-hydroxylation sites is 1. The molecule has 0 heterocycles. The lowest BCUT2D eigenvalue weighted by atomic mass is 9.97. The van der Waals surface area contributed by atoms with Gasteiger partial charge in [-0.15, -0.1) is 0 Å². The highest BCUT2D eigenvalue weighted by Crippen LogP contribution is 2.25. The van der Waals surface area contributed by atoms with E-state index in [1.807, 2.05) is 0 Å². The standard InChI is InChI=1S/C22H25FN2O3S/c23-20-13-7-8-14-21(20)29(27,28)25(19-11-5-2-6-12-19)17-22(26)24-16-15-18-9-3-1-4-10-18/h2,5-9,11-14H,1,3-4,10,15-17H2,(H,24,26). The van der Waals surface area contributed by atoms with Gasteiger partial charge in [0.25, 0.3) is 10.0 Å². The number of halogens is 1. The number of nitrogens with zero attached hydrogens (tertiary/aromatic N) is 1. The number of anilines is 1. The first kappa shape index (κ1) is 21.0. The fourth-order valence-corrected chi connectivity index (χ4v) is 4.85. The Kier molecular flexibility index (Phi) is 7.04. The highest BCUT2D eigenvalue weighted by Gasteiger charge is 2.29. The van der Waals surface area contributed by atoms with Crippen LogP contribution in [0.3, 0.4) is 0 Å². The van der Waals surface area contributed by atoms with E-state index in [1.54, 1.807) is 30.3 Å². The number of hydrogen-bond acceptors (Lipinski definition) is 3. The second-order valence-corrected chi connectivity index (χ2v) is 8.82. The highest BCUT2D eigenvalue weighted by atomic mass is 32.2. The Bertz CT molecular complexity index is 975. The molecule has 29 heavy (non-hydrogen) atoms. The zero-order chi connectivity index (χ0) is 20.7. The molecule has 0 spiro atoms. The first-order valence-electron chi connectivity index (χ1n) is 9.75. The van der Waals surface area contributed by atoms with Crippen molar-refractivity contribution < 1.29 is 17.6 Å². The Morgan fingerprint density at radius 2 is 1.76 bits per heavy atom. The number of hydrogen-bond donors (Lipinski definition) is 1. The second-order valence-electron chi connectivity index (χ2n) is 6.99. The molecule has 7 heteroatoms. The summed E-state index contributed by atoms with van der Waals surface area (Å²) >= 11 is 0. The molecule has 1 aliphatic carbocycles. The molecular formula is C22H25FN2O3S. The number of nitrogens with one attached hydrogen (secondary N) is 1. The van der Waals surface area contributed by atoms with E-state index in [-0.39, 0.29) is 0 Å². The summed E-state index contributed by atoms with van der Waals surface area (Å²) in [4.78, 5) is 12.0. The lowest BCUT2D eigenvalue weighted by Gasteiger charge is -2.24. The number of allylic oxidation sites excluding steroid dienone is 1. The van der Waals surface area contributed by atoms with Crippen molar-refractivity contribution in [2.45, 2.75) is 37.0 Å². The van der Waals surface area contributed by atoms with Gasteiger partial charge >= 0.3 is 0 Å². The Morgan fingerprint density at radius 3 is 2.45 bits per heavy atom. The number of amides is 1. The number of benzene rings is 2. The van der Waals surface area contributed by atoms with Crippen LogP contribution in [0.25, 0.3) is 0 Å². The summed E-state index contributed by atoms with van der Waals surface area (Å²) in [6.45, 7) is 0.0345. The molecule has 0 bridgehead atoms. The molecule has 2 aromatic carbocycles. The topological polar surface area (TPSA) is 66.5 Å². The minimum absolute atomic E-state index is 0.306. The Hall–Kier alpha value is -2.67. The molecule has 0 aliphatic heterocycles. The predicted octanol–water partition coefficient (Wildman–Crippen LogP) is 4.03. The maximum atomic E-state index is 14.2. The van der Waals surface area contributed by atoms with Crippen LogP contribution >= 0.6 is 0 Å². The monoisotopic (exact) mass is 416 g/mol. The molecule has 0 radical (unpaired) electrons. The molecule has 0 aromatic heterocycles. The first-order chi connectivity index (χ1) is 14.0. The number of carbonyl (C=O) groups excluding carboxylic acids is 1. The van der Waals surface area contributed by atoms with Crippen LogP contribution in [0, 0.1) is 5.82 Å². The summed E-state index contributed by atoms with van der Waals surface area (Å²) < 4.78 is 41.4. The van der Waals surface area contributed by atoms with E-state index >= 15 is 0 Å². The quantitative estimate of drug-likeness (QED) is 0.661. The average molecular weight is 417 g/mol. The largest absolute Gasteiger partial charge is 0.354 e. The van der Waals surface area contributed by atoms with Gasteiger partial charge in [-0.1, -0.05) is 42.0 Å².